The number of hydrogen-bond acceptors (Lipinski definition) is 6. The number of anilines is 1. The summed E-state index contributed by atoms with van der Waals surface area (Å²) in [6, 6.07) is 22.5. The number of carbonyl (C=O) groups is 3. The monoisotopic (exact) mass is 568 g/mol. The second kappa shape index (κ2) is 12.6. The van der Waals surface area contributed by atoms with Gasteiger partial charge in [-0.3, -0.25) is 15.0 Å². The average Bonchev–Trinajstić information content (AvgIpc) is 3.45. The van der Waals surface area contributed by atoms with Gasteiger partial charge in [0.15, 0.2) is 0 Å². The van der Waals surface area contributed by atoms with Crippen LogP contribution in [0.3, 0.4) is 0 Å². The van der Waals surface area contributed by atoms with Gasteiger partial charge < -0.3 is 21.1 Å². The molecule has 8 nitrogen and oxygen atoms in total. The van der Waals surface area contributed by atoms with Gasteiger partial charge in [-0.15, -0.1) is 11.3 Å². The number of rotatable bonds is 9. The van der Waals surface area contributed by atoms with E-state index in [4.69, 9.17) is 15.9 Å². The third-order valence-electron chi connectivity index (χ3n) is 6.11. The Morgan fingerprint density at radius 3 is 2.22 bits per heavy atom. The first-order valence-corrected chi connectivity index (χ1v) is 13.9. The molecule has 0 unspecified atom stereocenters. The van der Waals surface area contributed by atoms with E-state index in [9.17, 15) is 14.4 Å². The van der Waals surface area contributed by atoms with Crippen LogP contribution in [0.25, 0.3) is 11.1 Å². The maximum Gasteiger partial charge on any atom is 0.339 e. The Balaban J connectivity index is 1.65. The number of amidine groups is 1. The van der Waals surface area contributed by atoms with Crippen LogP contribution < -0.4 is 16.4 Å². The lowest BCUT2D eigenvalue weighted by atomic mass is 9.95. The summed E-state index contributed by atoms with van der Waals surface area (Å²) in [4.78, 5) is 40.0. The Kier molecular flexibility index (Phi) is 8.99. The third kappa shape index (κ3) is 7.67. The summed E-state index contributed by atoms with van der Waals surface area (Å²) in [6.07, 6.45) is 0. The molecule has 0 atom stereocenters. The highest BCUT2D eigenvalue weighted by molar-refractivity contribution is 7.12. The molecule has 0 saturated heterocycles. The number of nitrogens with two attached hydrogens (primary N) is 1. The van der Waals surface area contributed by atoms with Gasteiger partial charge in [0.2, 0.25) is 0 Å². The number of ether oxygens (including phenoxy) is 1. The van der Waals surface area contributed by atoms with Crippen LogP contribution in [0.5, 0.6) is 0 Å². The number of nitrogen functional groups attached to an aromatic ring is 1. The summed E-state index contributed by atoms with van der Waals surface area (Å²) in [6.45, 7) is 6.58. The van der Waals surface area contributed by atoms with Gasteiger partial charge in [-0.05, 0) is 64.4 Å². The predicted octanol–water partition coefficient (Wildman–Crippen LogP) is 6.08. The van der Waals surface area contributed by atoms with E-state index >= 15 is 0 Å². The fourth-order valence-corrected chi connectivity index (χ4v) is 4.76. The molecule has 3 aromatic carbocycles. The van der Waals surface area contributed by atoms with Gasteiger partial charge in [0.25, 0.3) is 11.8 Å². The first-order chi connectivity index (χ1) is 19.5. The fraction of sp³-hybridized carbons (Fsp3) is 0.188. The van der Waals surface area contributed by atoms with Gasteiger partial charge in [-0.2, -0.15) is 0 Å². The highest BCUT2D eigenvalue weighted by Crippen LogP contribution is 2.33. The van der Waals surface area contributed by atoms with Crippen molar-refractivity contribution in [1.29, 1.82) is 5.41 Å². The summed E-state index contributed by atoms with van der Waals surface area (Å²) in [5.41, 5.74) is 8.84. The van der Waals surface area contributed by atoms with Gasteiger partial charge in [-0.1, -0.05) is 57.2 Å². The average molecular weight is 569 g/mol. The van der Waals surface area contributed by atoms with Crippen LogP contribution >= 0.6 is 11.3 Å². The molecule has 2 amide bonds. The summed E-state index contributed by atoms with van der Waals surface area (Å²) in [5, 5.41) is 15.1. The molecule has 41 heavy (non-hydrogen) atoms. The highest BCUT2D eigenvalue weighted by atomic mass is 32.1. The van der Waals surface area contributed by atoms with Crippen molar-refractivity contribution in [3.63, 3.8) is 0 Å². The van der Waals surface area contributed by atoms with E-state index in [0.29, 0.717) is 39.4 Å². The normalized spacial score (nSPS) is 11.0. The van der Waals surface area contributed by atoms with Crippen molar-refractivity contribution in [2.24, 2.45) is 11.1 Å². The molecule has 4 aromatic rings. The van der Waals surface area contributed by atoms with Gasteiger partial charge >= 0.3 is 5.97 Å². The molecule has 5 N–H and O–H groups in total. The van der Waals surface area contributed by atoms with Gasteiger partial charge in [0, 0.05) is 28.9 Å². The Morgan fingerprint density at radius 1 is 0.878 bits per heavy atom. The molecule has 0 spiro atoms. The molecule has 4 rings (SSSR count). The topological polar surface area (TPSA) is 134 Å². The van der Waals surface area contributed by atoms with Crippen LogP contribution in [-0.2, 0) is 11.3 Å². The van der Waals surface area contributed by atoms with E-state index in [0.717, 1.165) is 5.56 Å². The Hall–Kier alpha value is -4.76. The molecule has 1 heterocycles. The SMILES string of the molecule is CC(C)(C)CNC(=O)c1ccc(-c2ccsc2C(=O)Nc2ccc(C(=N)N)cc2)c(C(=O)OCc2ccccc2)c1. The molecule has 0 radical (unpaired) electrons. The van der Waals surface area contributed by atoms with E-state index < -0.39 is 5.97 Å². The number of nitrogens with one attached hydrogen (secondary N) is 3. The quantitative estimate of drug-likeness (QED) is 0.110. The van der Waals surface area contributed by atoms with Gasteiger partial charge in [-0.25, -0.2) is 4.79 Å². The summed E-state index contributed by atoms with van der Waals surface area (Å²) < 4.78 is 5.63. The number of amides is 2. The van der Waals surface area contributed by atoms with E-state index in [2.05, 4.69) is 10.6 Å². The summed E-state index contributed by atoms with van der Waals surface area (Å²) >= 11 is 1.23. The summed E-state index contributed by atoms with van der Waals surface area (Å²) in [7, 11) is 0. The zero-order valence-corrected chi connectivity index (χ0v) is 23.9. The lowest BCUT2D eigenvalue weighted by Gasteiger charge is -2.19. The van der Waals surface area contributed by atoms with E-state index in [1.165, 1.54) is 17.4 Å². The molecular weight excluding hydrogens is 536 g/mol. The maximum atomic E-state index is 13.4. The van der Waals surface area contributed by atoms with E-state index in [1.54, 1.807) is 47.8 Å². The van der Waals surface area contributed by atoms with Crippen molar-refractivity contribution in [3.05, 3.63) is 111 Å². The Labute approximate surface area is 243 Å². The van der Waals surface area contributed by atoms with Crippen LogP contribution in [0.1, 0.15) is 62.3 Å². The molecule has 0 aliphatic rings. The Bertz CT molecular complexity index is 1570. The molecule has 210 valence electrons. The Morgan fingerprint density at radius 2 is 1.56 bits per heavy atom. The first kappa shape index (κ1) is 29.2. The van der Waals surface area contributed by atoms with Crippen LogP contribution in [0, 0.1) is 10.8 Å². The van der Waals surface area contributed by atoms with Crippen molar-refractivity contribution in [3.8, 4) is 11.1 Å². The first-order valence-electron chi connectivity index (χ1n) is 13.0. The zero-order valence-electron chi connectivity index (χ0n) is 23.1. The number of esters is 1. The van der Waals surface area contributed by atoms with Crippen molar-refractivity contribution < 1.29 is 19.1 Å². The number of hydrogen-bond donors (Lipinski definition) is 4. The van der Waals surface area contributed by atoms with Crippen molar-refractivity contribution in [2.45, 2.75) is 27.4 Å². The van der Waals surface area contributed by atoms with Crippen LogP contribution in [0.2, 0.25) is 0 Å². The lowest BCUT2D eigenvalue weighted by Crippen LogP contribution is -2.32. The molecule has 9 heteroatoms. The second-order valence-corrected chi connectivity index (χ2v) is 11.6. The molecule has 0 saturated carbocycles. The minimum atomic E-state index is -0.605. The molecule has 0 aliphatic heterocycles. The molecule has 0 aliphatic carbocycles. The van der Waals surface area contributed by atoms with Gasteiger partial charge in [0.05, 0.1) is 5.56 Å². The summed E-state index contributed by atoms with van der Waals surface area (Å²) in [5.74, 6) is -1.33. The number of thiophene rings is 1. The van der Waals surface area contributed by atoms with E-state index in [1.807, 2.05) is 51.1 Å². The van der Waals surface area contributed by atoms with Crippen LogP contribution in [0.4, 0.5) is 5.69 Å². The molecule has 1 aromatic heterocycles. The smallest absolute Gasteiger partial charge is 0.339 e. The predicted molar refractivity (Wildman–Crippen MR) is 163 cm³/mol. The number of benzene rings is 3. The van der Waals surface area contributed by atoms with Crippen LogP contribution in [0.15, 0.2) is 84.2 Å². The molecule has 0 fully saturated rings. The van der Waals surface area contributed by atoms with Crippen LogP contribution in [-0.4, -0.2) is 30.2 Å². The minimum absolute atomic E-state index is 0.0623. The number of carbonyl (C=O) groups excluding carboxylic acids is 3. The third-order valence-corrected chi connectivity index (χ3v) is 7.02. The molecular formula is C32H32N4O4S. The van der Waals surface area contributed by atoms with Crippen molar-refractivity contribution in [1.82, 2.24) is 5.32 Å². The minimum Gasteiger partial charge on any atom is -0.457 e. The maximum absolute atomic E-state index is 13.4. The standard InChI is InChI=1S/C32H32N4O4S/c1-32(2,3)19-35-29(37)22-11-14-24(26(17-22)31(39)40-18-20-7-5-4-6-8-20)25-15-16-41-27(25)30(38)36-23-12-9-21(10-13-23)28(33)34/h4-17H,18-19H2,1-3H3,(H3,33,34)(H,35,37)(H,36,38). The van der Waals surface area contributed by atoms with E-state index in [-0.39, 0.29) is 35.2 Å². The van der Waals surface area contributed by atoms with Crippen molar-refractivity contribution in [2.75, 3.05) is 11.9 Å². The van der Waals surface area contributed by atoms with Gasteiger partial charge in [0.1, 0.15) is 17.3 Å². The molecule has 0 bridgehead atoms. The van der Waals surface area contributed by atoms with Crippen molar-refractivity contribution >= 4 is 40.6 Å². The largest absolute Gasteiger partial charge is 0.457 e. The fourth-order valence-electron chi connectivity index (χ4n) is 3.96. The lowest BCUT2D eigenvalue weighted by molar-refractivity contribution is 0.0473. The zero-order chi connectivity index (χ0) is 29.6. The highest BCUT2D eigenvalue weighted by Gasteiger charge is 2.23. The second-order valence-electron chi connectivity index (χ2n) is 10.7.